The first-order valence-corrected chi connectivity index (χ1v) is 9.13. The number of benzene rings is 1. The van der Waals surface area contributed by atoms with Crippen LogP contribution in [0.1, 0.15) is 24.8 Å². The minimum atomic E-state index is -0.409. The minimum absolute atomic E-state index is 0.313. The van der Waals surface area contributed by atoms with Crippen LogP contribution in [0.2, 0.25) is 0 Å². The Labute approximate surface area is 155 Å². The highest BCUT2D eigenvalue weighted by Gasteiger charge is 2.23. The molecule has 3 aromatic rings. The number of imidazole rings is 1. The lowest BCUT2D eigenvalue weighted by molar-refractivity contribution is 0.559. The van der Waals surface area contributed by atoms with Gasteiger partial charge in [0.1, 0.15) is 5.82 Å². The van der Waals surface area contributed by atoms with Crippen molar-refractivity contribution in [3.63, 3.8) is 0 Å². The van der Waals surface area contributed by atoms with Gasteiger partial charge < -0.3 is 4.90 Å². The normalized spacial score (nSPS) is 14.9. The second-order valence-electron chi connectivity index (χ2n) is 7.05. The third-order valence-electron chi connectivity index (χ3n) is 5.20. The van der Waals surface area contributed by atoms with Crippen LogP contribution in [0.25, 0.3) is 11.2 Å². The molecule has 1 aliphatic rings. The van der Waals surface area contributed by atoms with E-state index in [1.165, 1.54) is 30.2 Å². The molecule has 1 aliphatic heterocycles. The lowest BCUT2D eigenvalue weighted by atomic mass is 10.1. The predicted molar refractivity (Wildman–Crippen MR) is 102 cm³/mol. The monoisotopic (exact) mass is 371 g/mol. The molecule has 1 fully saturated rings. The lowest BCUT2D eigenvalue weighted by Gasteiger charge is -2.28. The van der Waals surface area contributed by atoms with Crippen LogP contribution >= 0.6 is 0 Å². The molecule has 27 heavy (non-hydrogen) atoms. The Morgan fingerprint density at radius 1 is 1.07 bits per heavy atom. The van der Waals surface area contributed by atoms with E-state index in [0.717, 1.165) is 36.1 Å². The molecule has 3 heterocycles. The van der Waals surface area contributed by atoms with E-state index in [1.807, 2.05) is 10.6 Å². The highest BCUT2D eigenvalue weighted by molar-refractivity contribution is 5.74. The molecular weight excluding hydrogens is 349 g/mol. The first-order valence-electron chi connectivity index (χ1n) is 9.13. The molecule has 0 radical (unpaired) electrons. The van der Waals surface area contributed by atoms with E-state index < -0.39 is 5.69 Å². The predicted octanol–water partition coefficient (Wildman–Crippen LogP) is 1.61. The van der Waals surface area contributed by atoms with Crippen LogP contribution in [0.5, 0.6) is 0 Å². The van der Waals surface area contributed by atoms with Crippen molar-refractivity contribution in [2.45, 2.75) is 25.8 Å². The van der Waals surface area contributed by atoms with E-state index in [0.29, 0.717) is 23.7 Å². The Balaban J connectivity index is 1.97. The Bertz CT molecular complexity index is 1120. The van der Waals surface area contributed by atoms with Crippen molar-refractivity contribution >= 4 is 17.1 Å². The van der Waals surface area contributed by atoms with Gasteiger partial charge in [0, 0.05) is 27.2 Å². The van der Waals surface area contributed by atoms with Gasteiger partial charge in [-0.2, -0.15) is 4.98 Å². The van der Waals surface area contributed by atoms with Crippen molar-refractivity contribution in [1.82, 2.24) is 18.7 Å². The number of halogens is 1. The molecule has 2 aromatic heterocycles. The molecule has 7 nitrogen and oxygen atoms in total. The van der Waals surface area contributed by atoms with Crippen LogP contribution in [0, 0.1) is 5.82 Å². The molecule has 142 valence electrons. The van der Waals surface area contributed by atoms with Crippen LogP contribution in [-0.4, -0.2) is 31.8 Å². The molecule has 1 saturated heterocycles. The number of hydrogen-bond acceptors (Lipinski definition) is 4. The SMILES string of the molecule is Cn1c(=O)c2c(nc(N3CCCCC3)n2Cc2cccc(F)c2)n(C)c1=O. The summed E-state index contributed by atoms with van der Waals surface area (Å²) in [6.45, 7) is 2.01. The van der Waals surface area contributed by atoms with Crippen LogP contribution in [0.15, 0.2) is 33.9 Å². The van der Waals surface area contributed by atoms with Gasteiger partial charge in [-0.1, -0.05) is 12.1 Å². The van der Waals surface area contributed by atoms with E-state index in [-0.39, 0.29) is 11.4 Å². The molecule has 0 saturated carbocycles. The zero-order chi connectivity index (χ0) is 19.1. The molecule has 0 unspecified atom stereocenters. The van der Waals surface area contributed by atoms with E-state index in [2.05, 4.69) is 9.88 Å². The van der Waals surface area contributed by atoms with Gasteiger partial charge in [0.15, 0.2) is 11.2 Å². The standard InChI is InChI=1S/C19H22FN5O2/c1-22-16-15(17(26)23(2)19(22)27)25(12-13-7-6-8-14(20)11-13)18(21-16)24-9-4-3-5-10-24/h6-8,11H,3-5,9-10,12H2,1-2H3. The fourth-order valence-corrected chi connectivity index (χ4v) is 3.74. The summed E-state index contributed by atoms with van der Waals surface area (Å²) >= 11 is 0. The zero-order valence-corrected chi connectivity index (χ0v) is 15.5. The van der Waals surface area contributed by atoms with Crippen molar-refractivity contribution in [1.29, 1.82) is 0 Å². The average molecular weight is 371 g/mol. The molecule has 0 atom stereocenters. The maximum Gasteiger partial charge on any atom is 0.332 e. The quantitative estimate of drug-likeness (QED) is 0.702. The average Bonchev–Trinajstić information content (AvgIpc) is 3.05. The maximum atomic E-state index is 13.7. The molecule has 1 aromatic carbocycles. The van der Waals surface area contributed by atoms with E-state index in [1.54, 1.807) is 13.1 Å². The summed E-state index contributed by atoms with van der Waals surface area (Å²) in [7, 11) is 3.08. The Morgan fingerprint density at radius 2 is 1.81 bits per heavy atom. The fourth-order valence-electron chi connectivity index (χ4n) is 3.74. The van der Waals surface area contributed by atoms with Crippen molar-refractivity contribution in [3.05, 3.63) is 56.5 Å². The first kappa shape index (κ1) is 17.5. The topological polar surface area (TPSA) is 65.1 Å². The fraction of sp³-hybridized carbons (Fsp3) is 0.421. The number of aromatic nitrogens is 4. The van der Waals surface area contributed by atoms with E-state index in [9.17, 15) is 14.0 Å². The summed E-state index contributed by atoms with van der Waals surface area (Å²) in [4.78, 5) is 32.0. The lowest BCUT2D eigenvalue weighted by Crippen LogP contribution is -2.37. The Morgan fingerprint density at radius 3 is 2.52 bits per heavy atom. The van der Waals surface area contributed by atoms with Crippen LogP contribution in [0.4, 0.5) is 10.3 Å². The number of fused-ring (bicyclic) bond motifs is 1. The van der Waals surface area contributed by atoms with Crippen LogP contribution in [-0.2, 0) is 20.6 Å². The van der Waals surface area contributed by atoms with Gasteiger partial charge in [-0.3, -0.25) is 18.5 Å². The van der Waals surface area contributed by atoms with Gasteiger partial charge in [0.25, 0.3) is 5.56 Å². The number of anilines is 1. The van der Waals surface area contributed by atoms with Crippen molar-refractivity contribution in [2.24, 2.45) is 14.1 Å². The van der Waals surface area contributed by atoms with Crippen molar-refractivity contribution < 1.29 is 4.39 Å². The summed E-state index contributed by atoms with van der Waals surface area (Å²) in [5, 5.41) is 0. The molecule has 4 rings (SSSR count). The first-order chi connectivity index (χ1) is 13.0. The molecule has 0 amide bonds. The Hall–Kier alpha value is -2.90. The van der Waals surface area contributed by atoms with E-state index >= 15 is 0 Å². The second-order valence-corrected chi connectivity index (χ2v) is 7.05. The number of aryl methyl sites for hydroxylation is 1. The third kappa shape index (κ3) is 2.94. The largest absolute Gasteiger partial charge is 0.342 e. The highest BCUT2D eigenvalue weighted by Crippen LogP contribution is 2.24. The molecule has 0 aliphatic carbocycles. The van der Waals surface area contributed by atoms with Crippen LogP contribution in [0.3, 0.4) is 0 Å². The summed E-state index contributed by atoms with van der Waals surface area (Å²) in [6.07, 6.45) is 3.28. The number of rotatable bonds is 3. The number of piperidine rings is 1. The summed E-state index contributed by atoms with van der Waals surface area (Å²) in [6, 6.07) is 6.32. The highest BCUT2D eigenvalue weighted by atomic mass is 19.1. The summed E-state index contributed by atoms with van der Waals surface area (Å²) in [5.74, 6) is 0.337. The van der Waals surface area contributed by atoms with Gasteiger partial charge in [-0.05, 0) is 37.0 Å². The van der Waals surface area contributed by atoms with Crippen molar-refractivity contribution in [2.75, 3.05) is 18.0 Å². The maximum absolute atomic E-state index is 13.7. The van der Waals surface area contributed by atoms with E-state index in [4.69, 9.17) is 0 Å². The van der Waals surface area contributed by atoms with Gasteiger partial charge >= 0.3 is 5.69 Å². The number of nitrogens with zero attached hydrogens (tertiary/aromatic N) is 5. The molecule has 0 N–H and O–H groups in total. The molecule has 0 spiro atoms. The van der Waals surface area contributed by atoms with Crippen LogP contribution < -0.4 is 16.1 Å². The number of hydrogen-bond donors (Lipinski definition) is 0. The molecule has 0 bridgehead atoms. The van der Waals surface area contributed by atoms with Crippen molar-refractivity contribution in [3.8, 4) is 0 Å². The van der Waals surface area contributed by atoms with Gasteiger partial charge in [0.05, 0.1) is 6.54 Å². The third-order valence-corrected chi connectivity index (χ3v) is 5.20. The van der Waals surface area contributed by atoms with Gasteiger partial charge in [0.2, 0.25) is 5.95 Å². The second kappa shape index (κ2) is 6.68. The zero-order valence-electron chi connectivity index (χ0n) is 15.5. The minimum Gasteiger partial charge on any atom is -0.342 e. The Kier molecular flexibility index (Phi) is 4.33. The van der Waals surface area contributed by atoms with Gasteiger partial charge in [-0.25, -0.2) is 9.18 Å². The summed E-state index contributed by atoms with van der Waals surface area (Å²) in [5.41, 5.74) is 0.668. The van der Waals surface area contributed by atoms with Gasteiger partial charge in [-0.15, -0.1) is 0 Å². The molecular formula is C19H22FN5O2. The smallest absolute Gasteiger partial charge is 0.332 e. The molecule has 8 heteroatoms. The summed E-state index contributed by atoms with van der Waals surface area (Å²) < 4.78 is 18.0.